The van der Waals surface area contributed by atoms with Crippen LogP contribution in [0.2, 0.25) is 0 Å². The van der Waals surface area contributed by atoms with Crippen molar-refractivity contribution in [2.45, 2.75) is 46.1 Å². The molecule has 15 heavy (non-hydrogen) atoms. The van der Waals surface area contributed by atoms with Gasteiger partial charge in [0.2, 0.25) is 11.8 Å². The number of hydrogen-bond donors (Lipinski definition) is 1. The Morgan fingerprint density at radius 1 is 1.40 bits per heavy atom. The average Bonchev–Trinajstić information content (AvgIpc) is 2.83. The van der Waals surface area contributed by atoms with Gasteiger partial charge in [-0.05, 0) is 24.7 Å². The van der Waals surface area contributed by atoms with Crippen LogP contribution in [0.5, 0.6) is 0 Å². The van der Waals surface area contributed by atoms with Crippen molar-refractivity contribution in [3.8, 4) is 0 Å². The van der Waals surface area contributed by atoms with Crippen LogP contribution in [0.15, 0.2) is 4.42 Å². The zero-order valence-corrected chi connectivity index (χ0v) is 9.55. The van der Waals surface area contributed by atoms with Crippen LogP contribution in [0.3, 0.4) is 0 Å². The van der Waals surface area contributed by atoms with Gasteiger partial charge in [0.25, 0.3) is 0 Å². The Balaban J connectivity index is 1.71. The molecule has 84 valence electrons. The maximum absolute atomic E-state index is 5.29. The molecule has 0 radical (unpaired) electrons. The molecule has 0 bridgehead atoms. The summed E-state index contributed by atoms with van der Waals surface area (Å²) in [5, 5.41) is 11.2. The third-order valence-corrected chi connectivity index (χ3v) is 3.08. The van der Waals surface area contributed by atoms with Gasteiger partial charge in [0, 0.05) is 13.5 Å². The highest BCUT2D eigenvalue weighted by Crippen LogP contribution is 2.48. The summed E-state index contributed by atoms with van der Waals surface area (Å²) in [6, 6.07) is 0. The minimum absolute atomic E-state index is 0.587. The summed E-state index contributed by atoms with van der Waals surface area (Å²) in [6.07, 6.45) is 5.36. The van der Waals surface area contributed by atoms with Gasteiger partial charge in [0.05, 0.1) is 6.54 Å². The highest BCUT2D eigenvalue weighted by Gasteiger charge is 2.40. The lowest BCUT2D eigenvalue weighted by Gasteiger charge is -2.13. The molecule has 0 amide bonds. The highest BCUT2D eigenvalue weighted by atomic mass is 16.4. The molecular formula is C11H19N3O. The van der Waals surface area contributed by atoms with E-state index >= 15 is 0 Å². The minimum atomic E-state index is 0.587. The number of aromatic nitrogens is 2. The monoisotopic (exact) mass is 209 g/mol. The van der Waals surface area contributed by atoms with Gasteiger partial charge in [-0.1, -0.05) is 13.3 Å². The van der Waals surface area contributed by atoms with Crippen LogP contribution < -0.4 is 5.32 Å². The molecule has 1 aliphatic rings. The second kappa shape index (κ2) is 4.31. The zero-order chi connectivity index (χ0) is 10.7. The molecule has 1 aromatic rings. The number of aryl methyl sites for hydroxylation is 1. The molecule has 0 aliphatic heterocycles. The van der Waals surface area contributed by atoms with Gasteiger partial charge < -0.3 is 9.73 Å². The lowest BCUT2D eigenvalue weighted by Crippen LogP contribution is -2.23. The second-order valence-corrected chi connectivity index (χ2v) is 4.57. The summed E-state index contributed by atoms with van der Waals surface area (Å²) in [6.45, 7) is 5.85. The maximum Gasteiger partial charge on any atom is 0.230 e. The molecule has 4 nitrogen and oxygen atoms in total. The van der Waals surface area contributed by atoms with Crippen molar-refractivity contribution < 1.29 is 4.42 Å². The molecule has 1 aliphatic carbocycles. The van der Waals surface area contributed by atoms with Crippen molar-refractivity contribution in [2.24, 2.45) is 5.41 Å². The van der Waals surface area contributed by atoms with E-state index in [1.54, 1.807) is 0 Å². The number of nitrogens with one attached hydrogen (secondary N) is 1. The third-order valence-electron chi connectivity index (χ3n) is 3.08. The largest absolute Gasteiger partial charge is 0.424 e. The van der Waals surface area contributed by atoms with Crippen LogP contribution in [0.25, 0.3) is 0 Å². The van der Waals surface area contributed by atoms with Gasteiger partial charge in [-0.25, -0.2) is 0 Å². The van der Waals surface area contributed by atoms with Gasteiger partial charge >= 0.3 is 0 Å². The summed E-state index contributed by atoms with van der Waals surface area (Å²) < 4.78 is 5.29. The van der Waals surface area contributed by atoms with Gasteiger partial charge in [0.1, 0.15) is 0 Å². The Hall–Kier alpha value is -0.900. The molecule has 4 heteroatoms. The van der Waals surface area contributed by atoms with E-state index in [0.29, 0.717) is 23.7 Å². The lowest BCUT2D eigenvalue weighted by molar-refractivity contribution is 0.392. The van der Waals surface area contributed by atoms with Crippen LogP contribution in [-0.4, -0.2) is 16.7 Å². The van der Waals surface area contributed by atoms with Crippen LogP contribution in [-0.2, 0) is 6.54 Å². The summed E-state index contributed by atoms with van der Waals surface area (Å²) in [5.74, 6) is 1.33. The molecule has 1 fully saturated rings. The molecule has 1 saturated carbocycles. The minimum Gasteiger partial charge on any atom is -0.424 e. The molecule has 0 spiro atoms. The van der Waals surface area contributed by atoms with E-state index in [9.17, 15) is 0 Å². The molecule has 1 heterocycles. The third kappa shape index (κ3) is 2.78. The standard InChI is InChI=1S/C11H19N3O/c1-3-4-11(5-6-11)8-12-7-10-14-13-9(2)15-10/h12H,3-8H2,1-2H3. The Labute approximate surface area is 90.5 Å². The Morgan fingerprint density at radius 3 is 2.73 bits per heavy atom. The summed E-state index contributed by atoms with van der Waals surface area (Å²) in [4.78, 5) is 0. The first-order chi connectivity index (χ1) is 7.24. The molecule has 0 unspecified atom stereocenters. The normalized spacial score (nSPS) is 18.0. The molecule has 2 rings (SSSR count). The van der Waals surface area contributed by atoms with Crippen molar-refractivity contribution in [3.05, 3.63) is 11.8 Å². The second-order valence-electron chi connectivity index (χ2n) is 4.57. The van der Waals surface area contributed by atoms with E-state index in [1.165, 1.54) is 25.7 Å². The fourth-order valence-electron chi connectivity index (χ4n) is 2.07. The molecular weight excluding hydrogens is 190 g/mol. The van der Waals surface area contributed by atoms with E-state index in [-0.39, 0.29) is 0 Å². The van der Waals surface area contributed by atoms with Crippen LogP contribution >= 0.6 is 0 Å². The van der Waals surface area contributed by atoms with Gasteiger partial charge in [-0.3, -0.25) is 0 Å². The number of nitrogens with zero attached hydrogens (tertiary/aromatic N) is 2. The topological polar surface area (TPSA) is 51.0 Å². The SMILES string of the molecule is CCCC1(CNCc2nnc(C)o2)CC1. The van der Waals surface area contributed by atoms with E-state index in [1.807, 2.05) is 6.92 Å². The van der Waals surface area contributed by atoms with Crippen molar-refractivity contribution >= 4 is 0 Å². The first kappa shape index (κ1) is 10.6. The molecule has 0 atom stereocenters. The maximum atomic E-state index is 5.29. The van der Waals surface area contributed by atoms with Crippen LogP contribution in [0.4, 0.5) is 0 Å². The quantitative estimate of drug-likeness (QED) is 0.779. The molecule has 1 aromatic heterocycles. The lowest BCUT2D eigenvalue weighted by atomic mass is 10.0. The number of hydrogen-bond acceptors (Lipinski definition) is 4. The highest BCUT2D eigenvalue weighted by molar-refractivity contribution is 4.94. The molecule has 1 N–H and O–H groups in total. The molecule has 0 saturated heterocycles. The van der Waals surface area contributed by atoms with Gasteiger partial charge in [-0.2, -0.15) is 0 Å². The molecule has 0 aromatic carbocycles. The summed E-state index contributed by atoms with van der Waals surface area (Å²) >= 11 is 0. The summed E-state index contributed by atoms with van der Waals surface area (Å²) in [5.41, 5.74) is 0.587. The smallest absolute Gasteiger partial charge is 0.230 e. The van der Waals surface area contributed by atoms with E-state index in [4.69, 9.17) is 4.42 Å². The first-order valence-corrected chi connectivity index (χ1v) is 5.74. The fraction of sp³-hybridized carbons (Fsp3) is 0.818. The fourth-order valence-corrected chi connectivity index (χ4v) is 2.07. The van der Waals surface area contributed by atoms with E-state index in [2.05, 4.69) is 22.4 Å². The number of rotatable bonds is 6. The van der Waals surface area contributed by atoms with Crippen LogP contribution in [0.1, 0.15) is 44.4 Å². The van der Waals surface area contributed by atoms with Crippen molar-refractivity contribution in [1.29, 1.82) is 0 Å². The predicted molar refractivity (Wildman–Crippen MR) is 57.3 cm³/mol. The van der Waals surface area contributed by atoms with Gasteiger partial charge in [-0.15, -0.1) is 10.2 Å². The zero-order valence-electron chi connectivity index (χ0n) is 9.55. The Morgan fingerprint density at radius 2 is 2.20 bits per heavy atom. The van der Waals surface area contributed by atoms with Crippen molar-refractivity contribution in [3.63, 3.8) is 0 Å². The first-order valence-electron chi connectivity index (χ1n) is 5.74. The van der Waals surface area contributed by atoms with Crippen LogP contribution in [0, 0.1) is 12.3 Å². The summed E-state index contributed by atoms with van der Waals surface area (Å²) in [7, 11) is 0. The Kier molecular flexibility index (Phi) is 3.05. The van der Waals surface area contributed by atoms with Crippen molar-refractivity contribution in [2.75, 3.05) is 6.54 Å². The van der Waals surface area contributed by atoms with E-state index < -0.39 is 0 Å². The van der Waals surface area contributed by atoms with Crippen molar-refractivity contribution in [1.82, 2.24) is 15.5 Å². The average molecular weight is 209 g/mol. The Bertz CT molecular complexity index is 317. The van der Waals surface area contributed by atoms with E-state index in [0.717, 1.165) is 6.54 Å². The predicted octanol–water partition coefficient (Wildman–Crippen LogP) is 2.05. The van der Waals surface area contributed by atoms with Gasteiger partial charge in [0.15, 0.2) is 0 Å².